The number of fused-ring (bicyclic) bond motifs is 1. The number of hydrogen-bond acceptors (Lipinski definition) is 3. The first kappa shape index (κ1) is 14.2. The minimum absolute atomic E-state index is 0. The zero-order valence-corrected chi connectivity index (χ0v) is 11.3. The molecule has 1 saturated heterocycles. The molecule has 0 aromatic carbocycles. The molecule has 1 aliphatic carbocycles. The van der Waals surface area contributed by atoms with Crippen LogP contribution in [0, 0.1) is 11.8 Å². The lowest BCUT2D eigenvalue weighted by atomic mass is 9.98. The van der Waals surface area contributed by atoms with E-state index < -0.39 is 10.0 Å². The van der Waals surface area contributed by atoms with E-state index in [9.17, 15) is 8.42 Å². The van der Waals surface area contributed by atoms with Gasteiger partial charge in [0, 0.05) is 19.1 Å². The van der Waals surface area contributed by atoms with Gasteiger partial charge in [-0.15, -0.1) is 12.4 Å². The molecule has 2 fully saturated rings. The van der Waals surface area contributed by atoms with Gasteiger partial charge in [-0.3, -0.25) is 0 Å². The van der Waals surface area contributed by atoms with Crippen molar-refractivity contribution in [2.75, 3.05) is 18.8 Å². The highest BCUT2D eigenvalue weighted by molar-refractivity contribution is 7.89. The Balaban J connectivity index is 0.00000128. The van der Waals surface area contributed by atoms with Crippen LogP contribution in [-0.2, 0) is 10.0 Å². The highest BCUT2D eigenvalue weighted by Gasteiger charge is 2.44. The first-order valence-electron chi connectivity index (χ1n) is 5.78. The maximum atomic E-state index is 11.9. The van der Waals surface area contributed by atoms with Crippen molar-refractivity contribution in [3.05, 3.63) is 0 Å². The monoisotopic (exact) mass is 268 g/mol. The third-order valence-electron chi connectivity index (χ3n) is 3.73. The van der Waals surface area contributed by atoms with Gasteiger partial charge in [-0.2, -0.15) is 0 Å². The molecule has 3 unspecified atom stereocenters. The third kappa shape index (κ3) is 2.53. The van der Waals surface area contributed by atoms with E-state index in [4.69, 9.17) is 5.73 Å². The highest BCUT2D eigenvalue weighted by atomic mass is 35.5. The molecule has 2 rings (SSSR count). The van der Waals surface area contributed by atoms with Crippen LogP contribution < -0.4 is 5.73 Å². The van der Waals surface area contributed by atoms with Crippen molar-refractivity contribution in [2.45, 2.75) is 32.2 Å². The summed E-state index contributed by atoms with van der Waals surface area (Å²) in [6, 6.07) is 0.219. The summed E-state index contributed by atoms with van der Waals surface area (Å²) in [5, 5.41) is 0. The number of halogens is 1. The Morgan fingerprint density at radius 1 is 1.31 bits per heavy atom. The quantitative estimate of drug-likeness (QED) is 0.824. The minimum Gasteiger partial charge on any atom is -0.327 e. The summed E-state index contributed by atoms with van der Waals surface area (Å²) in [6.07, 6.45) is 2.86. The molecule has 2 N–H and O–H groups in total. The second-order valence-electron chi connectivity index (χ2n) is 4.80. The van der Waals surface area contributed by atoms with Crippen molar-refractivity contribution in [3.63, 3.8) is 0 Å². The largest absolute Gasteiger partial charge is 0.327 e. The first-order chi connectivity index (χ1) is 7.04. The van der Waals surface area contributed by atoms with Gasteiger partial charge in [-0.05, 0) is 31.1 Å². The minimum atomic E-state index is -3.00. The first-order valence-corrected chi connectivity index (χ1v) is 7.39. The van der Waals surface area contributed by atoms with Crippen LogP contribution in [0.4, 0.5) is 0 Å². The molecule has 1 saturated carbocycles. The summed E-state index contributed by atoms with van der Waals surface area (Å²) in [6.45, 7) is 3.27. The number of rotatable bonds is 3. The van der Waals surface area contributed by atoms with E-state index in [1.807, 2.05) is 6.92 Å². The van der Waals surface area contributed by atoms with Crippen molar-refractivity contribution < 1.29 is 8.42 Å². The average molecular weight is 269 g/mol. The number of sulfonamides is 1. The molecular formula is C10H21ClN2O2S. The Kier molecular flexibility index (Phi) is 4.63. The van der Waals surface area contributed by atoms with Gasteiger partial charge in [-0.1, -0.05) is 6.92 Å². The van der Waals surface area contributed by atoms with Gasteiger partial charge < -0.3 is 5.73 Å². The summed E-state index contributed by atoms with van der Waals surface area (Å²) in [4.78, 5) is 0. The van der Waals surface area contributed by atoms with Crippen LogP contribution in [0.5, 0.6) is 0 Å². The van der Waals surface area contributed by atoms with E-state index in [1.54, 1.807) is 4.31 Å². The zero-order chi connectivity index (χ0) is 11.1. The lowest BCUT2D eigenvalue weighted by Gasteiger charge is -2.17. The molecule has 0 bridgehead atoms. The predicted octanol–water partition coefficient (Wildman–Crippen LogP) is 0.817. The maximum Gasteiger partial charge on any atom is 0.214 e. The number of nitrogens with two attached hydrogens (primary N) is 1. The number of nitrogens with zero attached hydrogens (tertiary/aromatic N) is 1. The third-order valence-corrected chi connectivity index (χ3v) is 5.74. The van der Waals surface area contributed by atoms with Crippen molar-refractivity contribution in [1.82, 2.24) is 4.31 Å². The van der Waals surface area contributed by atoms with Gasteiger partial charge in [0.25, 0.3) is 0 Å². The topological polar surface area (TPSA) is 63.4 Å². The fourth-order valence-electron chi connectivity index (χ4n) is 2.88. The van der Waals surface area contributed by atoms with E-state index in [0.717, 1.165) is 12.8 Å². The molecule has 0 aromatic rings. The standard InChI is InChI=1S/C10H20N2O2S.ClH/c1-2-5-15(13,14)12-6-8-3-4-10(11)9(8)7-12;/h8-10H,2-7,11H2,1H3;1H. The van der Waals surface area contributed by atoms with Crippen LogP contribution in [0.3, 0.4) is 0 Å². The van der Waals surface area contributed by atoms with Gasteiger partial charge in [0.1, 0.15) is 0 Å². The molecule has 6 heteroatoms. The molecule has 4 nitrogen and oxygen atoms in total. The lowest BCUT2D eigenvalue weighted by molar-refractivity contribution is 0.427. The van der Waals surface area contributed by atoms with E-state index in [-0.39, 0.29) is 24.2 Å². The Hall–Kier alpha value is 0.160. The highest BCUT2D eigenvalue weighted by Crippen LogP contribution is 2.38. The fraction of sp³-hybridized carbons (Fsp3) is 1.00. The molecule has 3 atom stereocenters. The molecule has 0 radical (unpaired) electrons. The molecule has 1 heterocycles. The van der Waals surface area contributed by atoms with E-state index in [0.29, 0.717) is 31.3 Å². The van der Waals surface area contributed by atoms with Crippen LogP contribution in [0.15, 0.2) is 0 Å². The van der Waals surface area contributed by atoms with E-state index in [1.165, 1.54) is 0 Å². The number of hydrogen-bond donors (Lipinski definition) is 1. The summed E-state index contributed by atoms with van der Waals surface area (Å²) >= 11 is 0. The SMILES string of the molecule is CCCS(=O)(=O)N1CC2CCC(N)C2C1.Cl. The van der Waals surface area contributed by atoms with E-state index >= 15 is 0 Å². The van der Waals surface area contributed by atoms with Crippen LogP contribution in [0.25, 0.3) is 0 Å². The molecule has 0 spiro atoms. The van der Waals surface area contributed by atoms with Crippen molar-refractivity contribution in [2.24, 2.45) is 17.6 Å². The van der Waals surface area contributed by atoms with Crippen LogP contribution >= 0.6 is 12.4 Å². The van der Waals surface area contributed by atoms with Gasteiger partial charge in [0.05, 0.1) is 5.75 Å². The van der Waals surface area contributed by atoms with Gasteiger partial charge in [-0.25, -0.2) is 12.7 Å². The second kappa shape index (κ2) is 5.21. The fourth-order valence-corrected chi connectivity index (χ4v) is 4.47. The summed E-state index contributed by atoms with van der Waals surface area (Å²) in [5.41, 5.74) is 5.98. The van der Waals surface area contributed by atoms with Crippen molar-refractivity contribution in [1.29, 1.82) is 0 Å². The van der Waals surface area contributed by atoms with Crippen LogP contribution in [0.1, 0.15) is 26.2 Å². The maximum absolute atomic E-state index is 11.9. The normalized spacial score (nSPS) is 34.8. The van der Waals surface area contributed by atoms with Gasteiger partial charge in [0.15, 0.2) is 0 Å². The average Bonchev–Trinajstić information content (AvgIpc) is 2.69. The molecule has 16 heavy (non-hydrogen) atoms. The molecular weight excluding hydrogens is 248 g/mol. The smallest absolute Gasteiger partial charge is 0.214 e. The Morgan fingerprint density at radius 3 is 2.56 bits per heavy atom. The Labute approximate surface area is 104 Å². The lowest BCUT2D eigenvalue weighted by Crippen LogP contribution is -2.34. The zero-order valence-electron chi connectivity index (χ0n) is 9.63. The molecule has 2 aliphatic rings. The molecule has 96 valence electrons. The predicted molar refractivity (Wildman–Crippen MR) is 67.1 cm³/mol. The molecule has 0 amide bonds. The molecule has 1 aliphatic heterocycles. The Morgan fingerprint density at radius 2 is 2.00 bits per heavy atom. The van der Waals surface area contributed by atoms with E-state index in [2.05, 4.69) is 0 Å². The second-order valence-corrected chi connectivity index (χ2v) is 6.89. The van der Waals surface area contributed by atoms with Gasteiger partial charge >= 0.3 is 0 Å². The van der Waals surface area contributed by atoms with Crippen molar-refractivity contribution in [3.8, 4) is 0 Å². The summed E-state index contributed by atoms with van der Waals surface area (Å²) in [5.74, 6) is 1.21. The van der Waals surface area contributed by atoms with Gasteiger partial charge in [0.2, 0.25) is 10.0 Å². The Bertz CT molecular complexity index is 334. The van der Waals surface area contributed by atoms with Crippen LogP contribution in [0.2, 0.25) is 0 Å². The summed E-state index contributed by atoms with van der Waals surface area (Å²) < 4.78 is 25.4. The summed E-state index contributed by atoms with van der Waals surface area (Å²) in [7, 11) is -3.00. The van der Waals surface area contributed by atoms with Crippen molar-refractivity contribution >= 4 is 22.4 Å². The molecule has 0 aromatic heterocycles. The van der Waals surface area contributed by atoms with Crippen LogP contribution in [-0.4, -0.2) is 37.6 Å².